The van der Waals surface area contributed by atoms with E-state index in [1.807, 2.05) is 18.7 Å². The molecule has 26 heavy (non-hydrogen) atoms. The maximum Gasteiger partial charge on any atom is 0.290 e. The van der Waals surface area contributed by atoms with Crippen LogP contribution in [0.1, 0.15) is 31.4 Å². The number of carboxylic acid groups (broad SMARTS) is 2. The van der Waals surface area contributed by atoms with Crippen molar-refractivity contribution < 1.29 is 19.8 Å². The molecule has 0 amide bonds. The summed E-state index contributed by atoms with van der Waals surface area (Å²) in [4.78, 5) is 27.8. The van der Waals surface area contributed by atoms with Crippen molar-refractivity contribution in [2.24, 2.45) is 5.92 Å². The number of aryl methyl sites for hydroxylation is 1. The number of hydrogen-bond donors (Lipinski definition) is 3. The summed E-state index contributed by atoms with van der Waals surface area (Å²) in [5.41, 5.74) is 0. The third kappa shape index (κ3) is 7.88. The van der Waals surface area contributed by atoms with Gasteiger partial charge in [0.15, 0.2) is 0 Å². The SMILES string of the molecule is CCc1n[nH]c(CN2CCCC(Cn3ccnc3)C2)n1.O=CO.O=CO. The Morgan fingerprint density at radius 2 is 2.08 bits per heavy atom. The van der Waals surface area contributed by atoms with Gasteiger partial charge in [0, 0.05) is 31.9 Å². The zero-order chi connectivity index (χ0) is 19.2. The first kappa shape index (κ1) is 21.3. The van der Waals surface area contributed by atoms with Crippen LogP contribution in [0.4, 0.5) is 0 Å². The minimum absolute atomic E-state index is 0.250. The van der Waals surface area contributed by atoms with Crippen molar-refractivity contribution in [1.29, 1.82) is 0 Å². The summed E-state index contributed by atoms with van der Waals surface area (Å²) in [5.74, 6) is 2.60. The molecule has 1 aliphatic rings. The number of nitrogens with one attached hydrogen (secondary N) is 1. The van der Waals surface area contributed by atoms with Gasteiger partial charge < -0.3 is 14.8 Å². The molecule has 10 heteroatoms. The van der Waals surface area contributed by atoms with E-state index in [2.05, 4.69) is 36.6 Å². The van der Waals surface area contributed by atoms with Crippen molar-refractivity contribution in [3.63, 3.8) is 0 Å². The molecule has 3 rings (SSSR count). The van der Waals surface area contributed by atoms with Crippen molar-refractivity contribution in [3.8, 4) is 0 Å². The van der Waals surface area contributed by atoms with Crippen LogP contribution in [0.15, 0.2) is 18.7 Å². The molecule has 0 aromatic carbocycles. The normalized spacial score (nSPS) is 16.6. The zero-order valence-electron chi connectivity index (χ0n) is 14.9. The Labute approximate surface area is 151 Å². The average molecular weight is 366 g/mol. The first-order valence-corrected chi connectivity index (χ1v) is 8.40. The third-order valence-corrected chi connectivity index (χ3v) is 3.90. The molecule has 1 saturated heterocycles. The van der Waals surface area contributed by atoms with E-state index in [9.17, 15) is 0 Å². The number of aromatic nitrogens is 5. The van der Waals surface area contributed by atoms with Crippen molar-refractivity contribution in [2.75, 3.05) is 13.1 Å². The molecule has 1 aliphatic heterocycles. The van der Waals surface area contributed by atoms with E-state index in [-0.39, 0.29) is 12.9 Å². The van der Waals surface area contributed by atoms with Crippen LogP contribution < -0.4 is 0 Å². The predicted octanol–water partition coefficient (Wildman–Crippen LogP) is 0.877. The van der Waals surface area contributed by atoms with E-state index < -0.39 is 0 Å². The first-order chi connectivity index (χ1) is 12.7. The zero-order valence-corrected chi connectivity index (χ0v) is 14.9. The number of hydrogen-bond acceptors (Lipinski definition) is 6. The lowest BCUT2D eigenvalue weighted by molar-refractivity contribution is -0.123. The summed E-state index contributed by atoms with van der Waals surface area (Å²) in [5, 5.41) is 21.0. The van der Waals surface area contributed by atoms with Crippen LogP contribution in [0.5, 0.6) is 0 Å². The van der Waals surface area contributed by atoms with E-state index in [1.165, 1.54) is 12.8 Å². The molecule has 2 aromatic rings. The standard InChI is InChI=1S/C14H22N6.2CH2O2/c1-2-13-16-14(18-17-13)10-19-6-3-4-12(8-19)9-20-7-5-15-11-20;2*2-1-3/h5,7,11-12H,2-4,6,8-10H2,1H3,(H,16,17,18);2*1H,(H,2,3). The van der Waals surface area contributed by atoms with Crippen LogP contribution in [0.3, 0.4) is 0 Å². The topological polar surface area (TPSA) is 137 Å². The van der Waals surface area contributed by atoms with Gasteiger partial charge in [-0.05, 0) is 25.3 Å². The highest BCUT2D eigenvalue weighted by atomic mass is 16.3. The van der Waals surface area contributed by atoms with Crippen LogP contribution in [0.2, 0.25) is 0 Å². The van der Waals surface area contributed by atoms with E-state index in [4.69, 9.17) is 19.8 Å². The quantitative estimate of drug-likeness (QED) is 0.663. The lowest BCUT2D eigenvalue weighted by atomic mass is 9.98. The van der Waals surface area contributed by atoms with Gasteiger partial charge in [-0.25, -0.2) is 9.97 Å². The fourth-order valence-corrected chi connectivity index (χ4v) is 2.91. The molecule has 0 saturated carbocycles. The number of imidazole rings is 1. The summed E-state index contributed by atoms with van der Waals surface area (Å²) in [6.45, 7) is 5.80. The summed E-state index contributed by atoms with van der Waals surface area (Å²) < 4.78 is 2.18. The van der Waals surface area contributed by atoms with E-state index in [0.29, 0.717) is 5.92 Å². The highest BCUT2D eigenvalue weighted by Crippen LogP contribution is 2.19. The Balaban J connectivity index is 0.000000499. The van der Waals surface area contributed by atoms with Gasteiger partial charge >= 0.3 is 0 Å². The van der Waals surface area contributed by atoms with Crippen LogP contribution in [0.25, 0.3) is 0 Å². The van der Waals surface area contributed by atoms with Gasteiger partial charge in [0.1, 0.15) is 11.6 Å². The number of aromatic amines is 1. The molecular formula is C16H26N6O4. The second-order valence-electron chi connectivity index (χ2n) is 5.77. The molecule has 0 radical (unpaired) electrons. The van der Waals surface area contributed by atoms with Gasteiger partial charge in [-0.2, -0.15) is 5.10 Å². The summed E-state index contributed by atoms with van der Waals surface area (Å²) >= 11 is 0. The molecule has 0 spiro atoms. The van der Waals surface area contributed by atoms with Crippen LogP contribution in [-0.4, -0.2) is 65.9 Å². The number of nitrogens with zero attached hydrogens (tertiary/aromatic N) is 5. The fraction of sp³-hybridized carbons (Fsp3) is 0.562. The second kappa shape index (κ2) is 12.6. The molecule has 1 atom stereocenters. The van der Waals surface area contributed by atoms with Gasteiger partial charge in [-0.1, -0.05) is 6.92 Å². The molecule has 3 N–H and O–H groups in total. The number of piperidine rings is 1. The van der Waals surface area contributed by atoms with Crippen LogP contribution in [-0.2, 0) is 29.1 Å². The molecule has 144 valence electrons. The molecule has 10 nitrogen and oxygen atoms in total. The van der Waals surface area contributed by atoms with Crippen molar-refractivity contribution in [3.05, 3.63) is 30.4 Å². The highest BCUT2D eigenvalue weighted by Gasteiger charge is 2.21. The number of H-pyrrole nitrogens is 1. The highest BCUT2D eigenvalue weighted by molar-refractivity contribution is 5.33. The monoisotopic (exact) mass is 366 g/mol. The minimum atomic E-state index is -0.250. The number of likely N-dealkylation sites (tertiary alicyclic amines) is 1. The van der Waals surface area contributed by atoms with Gasteiger partial charge in [0.25, 0.3) is 12.9 Å². The average Bonchev–Trinajstić information content (AvgIpc) is 3.28. The van der Waals surface area contributed by atoms with Crippen LogP contribution in [0, 0.1) is 5.92 Å². The Morgan fingerprint density at radius 1 is 1.35 bits per heavy atom. The lowest BCUT2D eigenvalue weighted by Crippen LogP contribution is -2.36. The maximum absolute atomic E-state index is 8.36. The smallest absolute Gasteiger partial charge is 0.290 e. The second-order valence-corrected chi connectivity index (χ2v) is 5.77. The Morgan fingerprint density at radius 3 is 2.65 bits per heavy atom. The van der Waals surface area contributed by atoms with E-state index in [1.54, 1.807) is 0 Å². The predicted molar refractivity (Wildman–Crippen MR) is 93.4 cm³/mol. The molecule has 1 unspecified atom stereocenters. The largest absolute Gasteiger partial charge is 0.483 e. The summed E-state index contributed by atoms with van der Waals surface area (Å²) in [6, 6.07) is 0. The van der Waals surface area contributed by atoms with Gasteiger partial charge in [0.05, 0.1) is 12.9 Å². The van der Waals surface area contributed by atoms with Crippen molar-refractivity contribution in [1.82, 2.24) is 29.6 Å². The van der Waals surface area contributed by atoms with E-state index in [0.717, 1.165) is 44.2 Å². The molecule has 2 aromatic heterocycles. The van der Waals surface area contributed by atoms with Crippen molar-refractivity contribution >= 4 is 12.9 Å². The van der Waals surface area contributed by atoms with Crippen LogP contribution >= 0.6 is 0 Å². The molecule has 0 bridgehead atoms. The Hall–Kier alpha value is -2.75. The molecule has 3 heterocycles. The Kier molecular flexibility index (Phi) is 10.3. The van der Waals surface area contributed by atoms with Crippen molar-refractivity contribution in [2.45, 2.75) is 39.3 Å². The lowest BCUT2D eigenvalue weighted by Gasteiger charge is -2.32. The fourth-order valence-electron chi connectivity index (χ4n) is 2.91. The molecule has 0 aliphatic carbocycles. The Bertz CT molecular complexity index is 610. The number of rotatable bonds is 5. The third-order valence-electron chi connectivity index (χ3n) is 3.90. The van der Waals surface area contributed by atoms with Gasteiger partial charge in [-0.15, -0.1) is 0 Å². The minimum Gasteiger partial charge on any atom is -0.483 e. The maximum atomic E-state index is 8.36. The summed E-state index contributed by atoms with van der Waals surface area (Å²) in [6.07, 6.45) is 9.24. The molecular weight excluding hydrogens is 340 g/mol. The van der Waals surface area contributed by atoms with E-state index >= 15 is 0 Å². The number of carbonyl (C=O) groups is 2. The van der Waals surface area contributed by atoms with Gasteiger partial charge in [-0.3, -0.25) is 19.6 Å². The van der Waals surface area contributed by atoms with Gasteiger partial charge in [0.2, 0.25) is 0 Å². The first-order valence-electron chi connectivity index (χ1n) is 8.40. The molecule has 1 fully saturated rings. The summed E-state index contributed by atoms with van der Waals surface area (Å²) in [7, 11) is 0.